The van der Waals surface area contributed by atoms with Crippen molar-refractivity contribution in [2.45, 2.75) is 63.2 Å². The summed E-state index contributed by atoms with van der Waals surface area (Å²) in [6, 6.07) is 24.0. The van der Waals surface area contributed by atoms with E-state index in [-0.39, 0.29) is 24.1 Å². The van der Waals surface area contributed by atoms with Gasteiger partial charge in [-0.3, -0.25) is 9.69 Å². The van der Waals surface area contributed by atoms with Crippen LogP contribution >= 0.6 is 0 Å². The maximum atomic E-state index is 13.6. The fourth-order valence-electron chi connectivity index (χ4n) is 6.43. The molecule has 0 aromatic heterocycles. The van der Waals surface area contributed by atoms with Gasteiger partial charge in [-0.2, -0.15) is 0 Å². The first-order chi connectivity index (χ1) is 19.6. The minimum absolute atomic E-state index is 0.0104. The van der Waals surface area contributed by atoms with Gasteiger partial charge in [0.05, 0.1) is 18.4 Å². The van der Waals surface area contributed by atoms with Crippen molar-refractivity contribution in [1.82, 2.24) is 4.90 Å². The number of cyclic esters (lactones) is 1. The van der Waals surface area contributed by atoms with E-state index in [0.717, 1.165) is 36.3 Å². The molecule has 3 aromatic carbocycles. The summed E-state index contributed by atoms with van der Waals surface area (Å²) >= 11 is 0. The number of para-hydroxylation sites is 1. The summed E-state index contributed by atoms with van der Waals surface area (Å²) in [6.07, 6.45) is 5.62. The van der Waals surface area contributed by atoms with Crippen molar-refractivity contribution in [2.75, 3.05) is 25.1 Å². The number of amides is 2. The highest BCUT2D eigenvalue weighted by molar-refractivity contribution is 5.97. The number of methoxy groups -OCH3 is 1. The van der Waals surface area contributed by atoms with Gasteiger partial charge in [-0.15, -0.1) is 0 Å². The highest BCUT2D eigenvalue weighted by Gasteiger charge is 2.35. The van der Waals surface area contributed by atoms with Crippen LogP contribution in [-0.4, -0.2) is 49.2 Å². The number of likely N-dealkylation sites (tertiary alicyclic amines) is 1. The summed E-state index contributed by atoms with van der Waals surface area (Å²) in [5.74, 6) is 1.53. The number of fused-ring (bicyclic) bond motifs is 1. The summed E-state index contributed by atoms with van der Waals surface area (Å²) in [6.45, 7) is 1.41. The monoisotopic (exact) mass is 540 g/mol. The zero-order valence-electron chi connectivity index (χ0n) is 23.0. The third kappa shape index (κ3) is 5.25. The molecule has 0 N–H and O–H groups in total. The topological polar surface area (TPSA) is 68.3 Å². The number of carbonyl (C=O) groups is 2. The van der Waals surface area contributed by atoms with Crippen molar-refractivity contribution in [2.24, 2.45) is 0 Å². The minimum Gasteiger partial charge on any atom is -0.496 e. The molecule has 2 fully saturated rings. The molecule has 2 atom stereocenters. The first kappa shape index (κ1) is 26.2. The second kappa shape index (κ2) is 11.6. The summed E-state index contributed by atoms with van der Waals surface area (Å²) in [5, 5.41) is 0. The highest BCUT2D eigenvalue weighted by Crippen LogP contribution is 2.37. The minimum atomic E-state index is -0.312. The molecule has 3 aliphatic rings. The second-order valence-corrected chi connectivity index (χ2v) is 10.9. The van der Waals surface area contributed by atoms with Gasteiger partial charge in [0.1, 0.15) is 24.2 Å². The quantitative estimate of drug-likeness (QED) is 0.354. The molecular formula is C33H36N2O5. The summed E-state index contributed by atoms with van der Waals surface area (Å²) in [5.41, 5.74) is 3.76. The van der Waals surface area contributed by atoms with Crippen molar-refractivity contribution in [3.05, 3.63) is 89.5 Å². The molecule has 1 unspecified atom stereocenters. The van der Waals surface area contributed by atoms with Gasteiger partial charge in [0.15, 0.2) is 0 Å². The molecule has 1 saturated carbocycles. The van der Waals surface area contributed by atoms with E-state index < -0.39 is 0 Å². The zero-order valence-corrected chi connectivity index (χ0v) is 23.0. The van der Waals surface area contributed by atoms with Crippen LogP contribution in [0.25, 0.3) is 0 Å². The maximum Gasteiger partial charge on any atom is 0.414 e. The van der Waals surface area contributed by atoms with Crippen LogP contribution in [0.15, 0.2) is 72.8 Å². The smallest absolute Gasteiger partial charge is 0.414 e. The van der Waals surface area contributed by atoms with Crippen molar-refractivity contribution < 1.29 is 23.8 Å². The molecule has 40 heavy (non-hydrogen) atoms. The van der Waals surface area contributed by atoms with Gasteiger partial charge in [0.2, 0.25) is 0 Å². The number of carbonyl (C=O) groups excluding carboxylic acids is 2. The molecule has 1 aliphatic carbocycles. The lowest BCUT2D eigenvalue weighted by Crippen LogP contribution is -2.50. The van der Waals surface area contributed by atoms with E-state index in [9.17, 15) is 9.59 Å². The Balaban J connectivity index is 1.13. The molecule has 2 heterocycles. The fourth-order valence-corrected chi connectivity index (χ4v) is 6.43. The Morgan fingerprint density at radius 1 is 0.900 bits per heavy atom. The van der Waals surface area contributed by atoms with Crippen LogP contribution in [-0.2, 0) is 11.3 Å². The van der Waals surface area contributed by atoms with E-state index in [1.807, 2.05) is 53.4 Å². The van der Waals surface area contributed by atoms with Crippen molar-refractivity contribution in [3.8, 4) is 11.5 Å². The Morgan fingerprint density at radius 3 is 2.45 bits per heavy atom. The summed E-state index contributed by atoms with van der Waals surface area (Å²) in [4.78, 5) is 29.8. The number of piperidine rings is 1. The molecule has 208 valence electrons. The van der Waals surface area contributed by atoms with Crippen LogP contribution in [0.5, 0.6) is 11.5 Å². The Kier molecular flexibility index (Phi) is 7.62. The summed E-state index contributed by atoms with van der Waals surface area (Å²) < 4.78 is 17.6. The predicted octanol–water partition coefficient (Wildman–Crippen LogP) is 6.56. The van der Waals surface area contributed by atoms with E-state index in [4.69, 9.17) is 14.2 Å². The lowest BCUT2D eigenvalue weighted by Gasteiger charge is -2.40. The van der Waals surface area contributed by atoms with E-state index in [0.29, 0.717) is 49.8 Å². The molecule has 0 spiro atoms. The highest BCUT2D eigenvalue weighted by atomic mass is 16.6. The van der Waals surface area contributed by atoms with Gasteiger partial charge in [0.25, 0.3) is 5.91 Å². The van der Waals surface area contributed by atoms with E-state index in [1.54, 1.807) is 12.0 Å². The normalized spacial score (nSPS) is 21.4. The first-order valence-corrected chi connectivity index (χ1v) is 14.3. The Hall–Kier alpha value is -4.00. The average Bonchev–Trinajstić information content (AvgIpc) is 3.01. The lowest BCUT2D eigenvalue weighted by molar-refractivity contribution is 0.0705. The molecular weight excluding hydrogens is 504 g/mol. The molecule has 7 heteroatoms. The van der Waals surface area contributed by atoms with Gasteiger partial charge in [-0.05, 0) is 55.9 Å². The third-order valence-corrected chi connectivity index (χ3v) is 8.54. The van der Waals surface area contributed by atoms with Gasteiger partial charge < -0.3 is 19.1 Å². The number of ether oxygens (including phenoxy) is 3. The number of rotatable bonds is 6. The van der Waals surface area contributed by atoms with Crippen LogP contribution < -0.4 is 14.4 Å². The number of anilines is 1. The van der Waals surface area contributed by atoms with Crippen molar-refractivity contribution in [3.63, 3.8) is 0 Å². The third-order valence-electron chi connectivity index (χ3n) is 8.54. The number of benzene rings is 3. The Bertz CT molecular complexity index is 1350. The standard InChI is InChI=1S/C33H36N2O5/c1-38-31-21-26(40-30-14-8-6-12-27(30)23-9-3-2-4-10-23)15-16-28(31)32(36)34-19-17-25(18-20-34)35-29-13-7-5-11-24(29)22-39-33(35)37/h2-5,7,9-11,13,15-16,21,25,27,30H,6,8,12,14,17-20,22H2,1H3/t27-,30?/m1/s1. The molecule has 7 nitrogen and oxygen atoms in total. The molecule has 2 amide bonds. The molecule has 0 bridgehead atoms. The van der Waals surface area contributed by atoms with E-state index in [1.165, 1.54) is 12.0 Å². The van der Waals surface area contributed by atoms with Gasteiger partial charge in [-0.25, -0.2) is 4.79 Å². The van der Waals surface area contributed by atoms with Crippen LogP contribution in [0.3, 0.4) is 0 Å². The van der Waals surface area contributed by atoms with Crippen LogP contribution in [0.4, 0.5) is 10.5 Å². The Morgan fingerprint density at radius 2 is 1.65 bits per heavy atom. The van der Waals surface area contributed by atoms with Crippen LogP contribution in [0.2, 0.25) is 0 Å². The maximum absolute atomic E-state index is 13.6. The fraction of sp³-hybridized carbons (Fsp3) is 0.394. The summed E-state index contributed by atoms with van der Waals surface area (Å²) in [7, 11) is 1.59. The first-order valence-electron chi connectivity index (χ1n) is 14.3. The van der Waals surface area contributed by atoms with E-state index >= 15 is 0 Å². The molecule has 1 saturated heterocycles. The average molecular weight is 541 g/mol. The van der Waals surface area contributed by atoms with E-state index in [2.05, 4.69) is 24.3 Å². The second-order valence-electron chi connectivity index (χ2n) is 10.9. The van der Waals surface area contributed by atoms with Crippen LogP contribution in [0.1, 0.15) is 65.9 Å². The largest absolute Gasteiger partial charge is 0.496 e. The molecule has 2 aliphatic heterocycles. The zero-order chi connectivity index (χ0) is 27.5. The van der Waals surface area contributed by atoms with Gasteiger partial charge >= 0.3 is 6.09 Å². The number of nitrogens with zero attached hydrogens (tertiary/aromatic N) is 2. The van der Waals surface area contributed by atoms with Crippen molar-refractivity contribution >= 4 is 17.7 Å². The van der Waals surface area contributed by atoms with Crippen LogP contribution in [0, 0.1) is 0 Å². The van der Waals surface area contributed by atoms with Gasteiger partial charge in [0, 0.05) is 36.7 Å². The molecule has 3 aromatic rings. The lowest BCUT2D eigenvalue weighted by atomic mass is 9.81. The van der Waals surface area contributed by atoms with Gasteiger partial charge in [-0.1, -0.05) is 55.0 Å². The number of hydrogen-bond acceptors (Lipinski definition) is 5. The Labute approximate surface area is 235 Å². The SMILES string of the molecule is COc1cc(OC2CCCC[C@@H]2c2ccccc2)ccc1C(=O)N1CCC(N2C(=O)OCc3ccccc32)CC1. The predicted molar refractivity (Wildman–Crippen MR) is 153 cm³/mol. The molecule has 0 radical (unpaired) electrons. The van der Waals surface area contributed by atoms with Crippen molar-refractivity contribution in [1.29, 1.82) is 0 Å². The molecule has 6 rings (SSSR count). The number of hydrogen-bond donors (Lipinski definition) is 0.